The zero-order valence-corrected chi connectivity index (χ0v) is 14.5. The van der Waals surface area contributed by atoms with Gasteiger partial charge in [0.05, 0.1) is 6.26 Å². The summed E-state index contributed by atoms with van der Waals surface area (Å²) in [5.41, 5.74) is 1.53. The van der Waals surface area contributed by atoms with E-state index in [1.165, 1.54) is 30.3 Å². The Balaban J connectivity index is 1.69. The Morgan fingerprint density at radius 1 is 0.923 bits per heavy atom. The quantitative estimate of drug-likeness (QED) is 0.713. The highest BCUT2D eigenvalue weighted by Gasteiger charge is 2.13. The molecule has 1 heterocycles. The predicted molar refractivity (Wildman–Crippen MR) is 97.0 cm³/mol. The summed E-state index contributed by atoms with van der Waals surface area (Å²) < 4.78 is 43.1. The second-order valence-corrected chi connectivity index (χ2v) is 7.32. The molecule has 0 saturated carbocycles. The topological polar surface area (TPSA) is 88.4 Å². The van der Waals surface area contributed by atoms with Gasteiger partial charge in [0.25, 0.3) is 5.91 Å². The summed E-state index contributed by atoms with van der Waals surface area (Å²) in [6.07, 6.45) is 1.05. The Bertz CT molecular complexity index is 1030. The summed E-state index contributed by atoms with van der Waals surface area (Å²) in [6.45, 7) is 0. The largest absolute Gasteiger partial charge is 0.451 e. The number of nitrogens with one attached hydrogen (secondary N) is 2. The van der Waals surface area contributed by atoms with E-state index in [2.05, 4.69) is 10.0 Å². The number of furan rings is 1. The number of carbonyl (C=O) groups excluding carboxylic acids is 1. The Labute approximate surface area is 149 Å². The molecule has 2 aromatic carbocycles. The van der Waals surface area contributed by atoms with E-state index in [0.29, 0.717) is 22.7 Å². The highest BCUT2D eigenvalue weighted by Crippen LogP contribution is 2.23. The fraction of sp³-hybridized carbons (Fsp3) is 0.0556. The van der Waals surface area contributed by atoms with Crippen LogP contribution < -0.4 is 10.0 Å². The molecule has 0 radical (unpaired) electrons. The average Bonchev–Trinajstić information content (AvgIpc) is 3.06. The van der Waals surface area contributed by atoms with Gasteiger partial charge in [-0.15, -0.1) is 0 Å². The van der Waals surface area contributed by atoms with E-state index in [1.54, 1.807) is 30.3 Å². The zero-order valence-electron chi connectivity index (χ0n) is 13.7. The van der Waals surface area contributed by atoms with Gasteiger partial charge in [0.2, 0.25) is 10.0 Å². The molecular weight excluding hydrogens is 359 g/mol. The minimum atomic E-state index is -3.36. The van der Waals surface area contributed by atoms with Crippen molar-refractivity contribution in [1.82, 2.24) is 0 Å². The van der Waals surface area contributed by atoms with Crippen molar-refractivity contribution in [2.75, 3.05) is 16.3 Å². The summed E-state index contributed by atoms with van der Waals surface area (Å²) >= 11 is 0. The molecule has 1 aromatic heterocycles. The fourth-order valence-corrected chi connectivity index (χ4v) is 2.82. The SMILES string of the molecule is CS(=O)(=O)Nc1ccc(NC(=O)c2ccc(-c3ccc(F)cc3)o2)cc1. The Hall–Kier alpha value is -3.13. The standard InChI is InChI=1S/C18H15FN2O4S/c1-26(23,24)21-15-8-6-14(7-9-15)20-18(22)17-11-10-16(25-17)12-2-4-13(19)5-3-12/h2-11,21H,1H3,(H,20,22). The number of hydrogen-bond acceptors (Lipinski definition) is 4. The molecular formula is C18H15FN2O4S. The van der Waals surface area contributed by atoms with Crippen molar-refractivity contribution in [3.8, 4) is 11.3 Å². The molecule has 134 valence electrons. The van der Waals surface area contributed by atoms with Crippen molar-refractivity contribution >= 4 is 27.3 Å². The van der Waals surface area contributed by atoms with Crippen molar-refractivity contribution in [2.24, 2.45) is 0 Å². The maximum Gasteiger partial charge on any atom is 0.291 e. The molecule has 0 unspecified atom stereocenters. The predicted octanol–water partition coefficient (Wildman–Crippen LogP) is 3.71. The number of carbonyl (C=O) groups is 1. The van der Waals surface area contributed by atoms with Crippen molar-refractivity contribution in [1.29, 1.82) is 0 Å². The van der Waals surface area contributed by atoms with E-state index in [-0.39, 0.29) is 11.6 Å². The van der Waals surface area contributed by atoms with Gasteiger partial charge < -0.3 is 9.73 Å². The monoisotopic (exact) mass is 374 g/mol. The second-order valence-electron chi connectivity index (χ2n) is 5.58. The van der Waals surface area contributed by atoms with Crippen LogP contribution in [0.4, 0.5) is 15.8 Å². The highest BCUT2D eigenvalue weighted by molar-refractivity contribution is 7.92. The van der Waals surface area contributed by atoms with Crippen molar-refractivity contribution in [2.45, 2.75) is 0 Å². The van der Waals surface area contributed by atoms with Crippen LogP contribution >= 0.6 is 0 Å². The smallest absolute Gasteiger partial charge is 0.291 e. The van der Waals surface area contributed by atoms with Gasteiger partial charge in [0, 0.05) is 16.9 Å². The molecule has 3 rings (SSSR count). The summed E-state index contributed by atoms with van der Waals surface area (Å²) in [6, 6.07) is 15.1. The average molecular weight is 374 g/mol. The Kier molecular flexibility index (Phi) is 4.77. The second kappa shape index (κ2) is 7.01. The van der Waals surface area contributed by atoms with Crippen LogP contribution in [0.15, 0.2) is 65.1 Å². The minimum Gasteiger partial charge on any atom is -0.451 e. The zero-order chi connectivity index (χ0) is 18.7. The van der Waals surface area contributed by atoms with Gasteiger partial charge >= 0.3 is 0 Å². The molecule has 8 heteroatoms. The van der Waals surface area contributed by atoms with Gasteiger partial charge in [-0.1, -0.05) is 0 Å². The van der Waals surface area contributed by atoms with Crippen LogP contribution in [-0.2, 0) is 10.0 Å². The number of anilines is 2. The molecule has 0 aliphatic carbocycles. The van der Waals surface area contributed by atoms with Gasteiger partial charge in [-0.3, -0.25) is 9.52 Å². The molecule has 0 fully saturated rings. The van der Waals surface area contributed by atoms with Gasteiger partial charge in [0.15, 0.2) is 5.76 Å². The molecule has 0 bridgehead atoms. The fourth-order valence-electron chi connectivity index (χ4n) is 2.26. The highest BCUT2D eigenvalue weighted by atomic mass is 32.2. The van der Waals surface area contributed by atoms with Gasteiger partial charge in [-0.2, -0.15) is 0 Å². The lowest BCUT2D eigenvalue weighted by Crippen LogP contribution is -2.11. The number of halogens is 1. The first-order valence-electron chi connectivity index (χ1n) is 7.55. The molecule has 2 N–H and O–H groups in total. The van der Waals surface area contributed by atoms with E-state index in [1.807, 2.05) is 0 Å². The van der Waals surface area contributed by atoms with Crippen molar-refractivity contribution < 1.29 is 22.0 Å². The minimum absolute atomic E-state index is 0.0997. The summed E-state index contributed by atoms with van der Waals surface area (Å²) in [5.74, 6) is -0.264. The van der Waals surface area contributed by atoms with Crippen molar-refractivity contribution in [3.05, 3.63) is 72.2 Å². The third kappa shape index (κ3) is 4.48. The molecule has 0 aliphatic rings. The molecule has 0 aliphatic heterocycles. The normalized spacial score (nSPS) is 11.2. The maximum absolute atomic E-state index is 13.0. The molecule has 0 saturated heterocycles. The number of amides is 1. The molecule has 6 nitrogen and oxygen atoms in total. The van der Waals surface area contributed by atoms with E-state index in [9.17, 15) is 17.6 Å². The van der Waals surface area contributed by atoms with Crippen LogP contribution in [0.1, 0.15) is 10.6 Å². The van der Waals surface area contributed by atoms with Crippen LogP contribution in [0.3, 0.4) is 0 Å². The van der Waals surface area contributed by atoms with Gasteiger partial charge in [0.1, 0.15) is 11.6 Å². The van der Waals surface area contributed by atoms with Crippen LogP contribution in [0.25, 0.3) is 11.3 Å². The molecule has 26 heavy (non-hydrogen) atoms. The molecule has 1 amide bonds. The van der Waals surface area contributed by atoms with Crippen LogP contribution in [0, 0.1) is 5.82 Å². The van der Waals surface area contributed by atoms with Crippen LogP contribution in [0.2, 0.25) is 0 Å². The number of sulfonamides is 1. The first kappa shape index (κ1) is 17.7. The lowest BCUT2D eigenvalue weighted by molar-refractivity contribution is 0.0997. The van der Waals surface area contributed by atoms with E-state index < -0.39 is 15.9 Å². The van der Waals surface area contributed by atoms with E-state index in [4.69, 9.17) is 4.42 Å². The van der Waals surface area contributed by atoms with Crippen LogP contribution in [-0.4, -0.2) is 20.6 Å². The summed E-state index contributed by atoms with van der Waals surface area (Å²) in [4.78, 5) is 12.3. The molecule has 0 atom stereocenters. The van der Waals surface area contributed by atoms with E-state index >= 15 is 0 Å². The maximum atomic E-state index is 13.0. The number of rotatable bonds is 5. The first-order chi connectivity index (χ1) is 12.3. The number of hydrogen-bond donors (Lipinski definition) is 2. The number of benzene rings is 2. The lowest BCUT2D eigenvalue weighted by Gasteiger charge is -2.06. The summed E-state index contributed by atoms with van der Waals surface area (Å²) in [5, 5.41) is 2.65. The third-order valence-corrected chi connectivity index (χ3v) is 4.01. The first-order valence-corrected chi connectivity index (χ1v) is 9.44. The Morgan fingerprint density at radius 3 is 2.15 bits per heavy atom. The van der Waals surface area contributed by atoms with Gasteiger partial charge in [-0.05, 0) is 60.7 Å². The third-order valence-electron chi connectivity index (χ3n) is 3.40. The summed E-state index contributed by atoms with van der Waals surface area (Å²) in [7, 11) is -3.36. The molecule has 0 spiro atoms. The lowest BCUT2D eigenvalue weighted by atomic mass is 10.2. The van der Waals surface area contributed by atoms with Crippen molar-refractivity contribution in [3.63, 3.8) is 0 Å². The van der Waals surface area contributed by atoms with Gasteiger partial charge in [-0.25, -0.2) is 12.8 Å². The molecule has 3 aromatic rings. The van der Waals surface area contributed by atoms with Crippen LogP contribution in [0.5, 0.6) is 0 Å². The Morgan fingerprint density at radius 2 is 1.54 bits per heavy atom. The van der Waals surface area contributed by atoms with E-state index in [0.717, 1.165) is 6.26 Å².